The van der Waals surface area contributed by atoms with Gasteiger partial charge in [-0.05, 0) is 64.4 Å². The summed E-state index contributed by atoms with van der Waals surface area (Å²) in [6, 6.07) is 11.5. The van der Waals surface area contributed by atoms with Gasteiger partial charge in [-0.1, -0.05) is 18.2 Å². The lowest BCUT2D eigenvalue weighted by Crippen LogP contribution is -2.31. The predicted octanol–water partition coefficient (Wildman–Crippen LogP) is 4.85. The lowest BCUT2D eigenvalue weighted by atomic mass is 9.95. The number of likely N-dealkylation sites (tertiary alicyclic amines) is 1. The Hall–Kier alpha value is -3.19. The van der Waals surface area contributed by atoms with E-state index >= 15 is 0 Å². The molecule has 6 nitrogen and oxygen atoms in total. The van der Waals surface area contributed by atoms with Crippen molar-refractivity contribution in [3.63, 3.8) is 0 Å². The molecule has 0 aliphatic carbocycles. The molecule has 1 N–H and O–H groups in total. The molecular weight excluding hydrogens is 425 g/mol. The molecule has 1 aliphatic rings. The first-order valence-corrected chi connectivity index (χ1v) is 11.1. The van der Waals surface area contributed by atoms with Crippen molar-refractivity contribution in [2.24, 2.45) is 0 Å². The van der Waals surface area contributed by atoms with Crippen molar-refractivity contribution in [2.45, 2.75) is 52.4 Å². The Balaban J connectivity index is 2.01. The number of Topliss-reactive ketones (excluding diaryl/α,β-unsaturated/α-hetero) is 1. The summed E-state index contributed by atoms with van der Waals surface area (Å²) < 4.78 is 25.9. The molecule has 1 atom stereocenters. The van der Waals surface area contributed by atoms with Crippen LogP contribution in [0.5, 0.6) is 5.75 Å². The number of rotatable bonds is 9. The molecule has 1 unspecified atom stereocenters. The lowest BCUT2D eigenvalue weighted by Gasteiger charge is -2.25. The van der Waals surface area contributed by atoms with Crippen LogP contribution in [-0.2, 0) is 14.3 Å². The molecule has 0 bridgehead atoms. The number of aliphatic hydroxyl groups excluding tert-OH is 1. The molecule has 33 heavy (non-hydrogen) atoms. The molecular formula is C26H30FNO5. The molecule has 0 spiro atoms. The monoisotopic (exact) mass is 455 g/mol. The number of amides is 1. The second kappa shape index (κ2) is 10.6. The summed E-state index contributed by atoms with van der Waals surface area (Å²) in [5, 5.41) is 11.1. The van der Waals surface area contributed by atoms with E-state index in [0.717, 1.165) is 0 Å². The van der Waals surface area contributed by atoms with Crippen LogP contribution in [0.4, 0.5) is 4.39 Å². The summed E-state index contributed by atoms with van der Waals surface area (Å²) in [5.41, 5.74) is 0.365. The molecule has 1 saturated heterocycles. The van der Waals surface area contributed by atoms with Crippen molar-refractivity contribution in [2.75, 3.05) is 13.2 Å². The number of hydrogen-bond donors (Lipinski definition) is 1. The number of benzene rings is 2. The van der Waals surface area contributed by atoms with E-state index in [2.05, 4.69) is 0 Å². The van der Waals surface area contributed by atoms with Crippen LogP contribution in [0, 0.1) is 5.82 Å². The van der Waals surface area contributed by atoms with E-state index in [0.29, 0.717) is 24.3 Å². The van der Waals surface area contributed by atoms with Gasteiger partial charge in [0.2, 0.25) is 0 Å². The fourth-order valence-corrected chi connectivity index (χ4v) is 3.80. The minimum absolute atomic E-state index is 0.0181. The van der Waals surface area contributed by atoms with Crippen molar-refractivity contribution in [3.05, 3.63) is 71.0 Å². The maximum Gasteiger partial charge on any atom is 0.295 e. The molecule has 7 heteroatoms. The Morgan fingerprint density at radius 3 is 2.30 bits per heavy atom. The third kappa shape index (κ3) is 5.60. The Morgan fingerprint density at radius 2 is 1.70 bits per heavy atom. The molecule has 2 aromatic rings. The fraction of sp³-hybridized carbons (Fsp3) is 0.385. The van der Waals surface area contributed by atoms with Gasteiger partial charge in [0.05, 0.1) is 23.8 Å². The van der Waals surface area contributed by atoms with Gasteiger partial charge in [-0.25, -0.2) is 4.39 Å². The smallest absolute Gasteiger partial charge is 0.295 e. The van der Waals surface area contributed by atoms with Crippen LogP contribution in [0.25, 0.3) is 5.76 Å². The topological polar surface area (TPSA) is 76.1 Å². The van der Waals surface area contributed by atoms with E-state index in [1.165, 1.54) is 23.1 Å². The number of hydrogen-bond acceptors (Lipinski definition) is 5. The highest BCUT2D eigenvalue weighted by atomic mass is 19.1. The van der Waals surface area contributed by atoms with E-state index in [4.69, 9.17) is 9.47 Å². The lowest BCUT2D eigenvalue weighted by molar-refractivity contribution is -0.140. The molecule has 1 amide bonds. The average Bonchev–Trinajstić information content (AvgIpc) is 3.01. The second-order valence-electron chi connectivity index (χ2n) is 8.48. The zero-order chi connectivity index (χ0) is 24.1. The SMILES string of the molecule is CC(C)OCCCN1C(=O)C(=O)/C(=C(\O)c2ccc(OC(C)C)cc2)C1c1ccccc1F. The Kier molecular flexibility index (Phi) is 7.87. The highest BCUT2D eigenvalue weighted by Gasteiger charge is 2.46. The minimum Gasteiger partial charge on any atom is -0.507 e. The van der Waals surface area contributed by atoms with Crippen molar-refractivity contribution < 1.29 is 28.6 Å². The number of halogens is 1. The van der Waals surface area contributed by atoms with Crippen LogP contribution in [0.1, 0.15) is 51.3 Å². The highest BCUT2D eigenvalue weighted by Crippen LogP contribution is 2.40. The summed E-state index contributed by atoms with van der Waals surface area (Å²) in [4.78, 5) is 27.2. The van der Waals surface area contributed by atoms with Crippen molar-refractivity contribution >= 4 is 17.4 Å². The zero-order valence-corrected chi connectivity index (χ0v) is 19.4. The second-order valence-corrected chi connectivity index (χ2v) is 8.48. The van der Waals surface area contributed by atoms with Gasteiger partial charge in [0, 0.05) is 24.3 Å². The van der Waals surface area contributed by atoms with E-state index in [1.54, 1.807) is 30.3 Å². The fourth-order valence-electron chi connectivity index (χ4n) is 3.80. The molecule has 1 heterocycles. The largest absolute Gasteiger partial charge is 0.507 e. The minimum atomic E-state index is -1.03. The summed E-state index contributed by atoms with van der Waals surface area (Å²) in [7, 11) is 0. The first-order chi connectivity index (χ1) is 15.7. The van der Waals surface area contributed by atoms with Crippen molar-refractivity contribution in [1.82, 2.24) is 4.90 Å². The molecule has 176 valence electrons. The van der Waals surface area contributed by atoms with Gasteiger partial charge in [0.1, 0.15) is 17.3 Å². The standard InChI is InChI=1S/C26H30FNO5/c1-16(2)32-15-7-14-28-23(20-8-5-6-9-21(20)27)22(25(30)26(28)31)24(29)18-10-12-19(13-11-18)33-17(3)4/h5-6,8-13,16-17,23,29H,7,14-15H2,1-4H3/b24-22-. The molecule has 1 aliphatic heterocycles. The van der Waals surface area contributed by atoms with E-state index in [-0.39, 0.29) is 35.6 Å². The summed E-state index contributed by atoms with van der Waals surface area (Å²) in [6.45, 7) is 8.19. The Morgan fingerprint density at radius 1 is 1.03 bits per heavy atom. The normalized spacial score (nSPS) is 17.9. The highest BCUT2D eigenvalue weighted by molar-refractivity contribution is 6.46. The van der Waals surface area contributed by atoms with Gasteiger partial charge in [0.15, 0.2) is 0 Å². The number of carbonyl (C=O) groups excluding carboxylic acids is 2. The first-order valence-electron chi connectivity index (χ1n) is 11.1. The third-order valence-electron chi connectivity index (χ3n) is 5.23. The maximum absolute atomic E-state index is 14.8. The summed E-state index contributed by atoms with van der Waals surface area (Å²) in [6.07, 6.45) is 0.484. The molecule has 2 aromatic carbocycles. The van der Waals surface area contributed by atoms with Crippen LogP contribution in [-0.4, -0.2) is 47.1 Å². The summed E-state index contributed by atoms with van der Waals surface area (Å²) >= 11 is 0. The average molecular weight is 456 g/mol. The predicted molar refractivity (Wildman–Crippen MR) is 123 cm³/mol. The van der Waals surface area contributed by atoms with Crippen molar-refractivity contribution in [3.8, 4) is 5.75 Å². The Labute approximate surface area is 193 Å². The number of aliphatic hydroxyl groups is 1. The van der Waals surface area contributed by atoms with E-state index in [9.17, 15) is 19.1 Å². The van der Waals surface area contributed by atoms with Crippen LogP contribution in [0.3, 0.4) is 0 Å². The third-order valence-corrected chi connectivity index (χ3v) is 5.23. The number of carbonyl (C=O) groups is 2. The first kappa shape index (κ1) is 24.5. The van der Waals surface area contributed by atoms with Crippen LogP contribution < -0.4 is 4.74 Å². The van der Waals surface area contributed by atoms with Crippen molar-refractivity contribution in [1.29, 1.82) is 0 Å². The van der Waals surface area contributed by atoms with Crippen LogP contribution in [0.2, 0.25) is 0 Å². The van der Waals surface area contributed by atoms with Gasteiger partial charge in [-0.15, -0.1) is 0 Å². The van der Waals surface area contributed by atoms with Crippen LogP contribution >= 0.6 is 0 Å². The molecule has 0 radical (unpaired) electrons. The maximum atomic E-state index is 14.8. The summed E-state index contributed by atoms with van der Waals surface area (Å²) in [5.74, 6) is -1.90. The molecule has 1 fully saturated rings. The van der Waals surface area contributed by atoms with Crippen LogP contribution in [0.15, 0.2) is 54.1 Å². The number of nitrogens with zero attached hydrogens (tertiary/aromatic N) is 1. The van der Waals surface area contributed by atoms with Gasteiger partial charge in [-0.3, -0.25) is 9.59 Å². The number of ether oxygens (including phenoxy) is 2. The van der Waals surface area contributed by atoms with E-state index < -0.39 is 23.5 Å². The van der Waals surface area contributed by atoms with E-state index in [1.807, 2.05) is 27.7 Å². The zero-order valence-electron chi connectivity index (χ0n) is 19.4. The van der Waals surface area contributed by atoms with Gasteiger partial charge in [-0.2, -0.15) is 0 Å². The molecule has 0 saturated carbocycles. The number of ketones is 1. The Bertz CT molecular complexity index is 1030. The molecule has 0 aromatic heterocycles. The quantitative estimate of drug-likeness (QED) is 0.253. The van der Waals surface area contributed by atoms with Gasteiger partial charge < -0.3 is 19.5 Å². The van der Waals surface area contributed by atoms with Gasteiger partial charge >= 0.3 is 0 Å². The van der Waals surface area contributed by atoms with Gasteiger partial charge in [0.25, 0.3) is 11.7 Å². The molecule has 3 rings (SSSR count).